The fourth-order valence-corrected chi connectivity index (χ4v) is 7.91. The molecule has 0 saturated carbocycles. The Morgan fingerprint density at radius 2 is 1.73 bits per heavy atom. The number of carbonyl (C=O) groups is 3. The van der Waals surface area contributed by atoms with Crippen LogP contribution in [0.25, 0.3) is 22.0 Å². The zero-order valence-electron chi connectivity index (χ0n) is 30.3. The van der Waals surface area contributed by atoms with Gasteiger partial charge in [-0.25, -0.2) is 17.3 Å². The quantitative estimate of drug-likeness (QED) is 0.155. The van der Waals surface area contributed by atoms with Crippen LogP contribution in [-0.4, -0.2) is 52.7 Å². The normalized spacial score (nSPS) is 16.0. The van der Waals surface area contributed by atoms with Crippen molar-refractivity contribution in [3.8, 4) is 11.1 Å². The van der Waals surface area contributed by atoms with Crippen LogP contribution in [0.2, 0.25) is 0 Å². The summed E-state index contributed by atoms with van der Waals surface area (Å²) < 4.78 is 116. The number of para-hydroxylation sites is 1. The van der Waals surface area contributed by atoms with Gasteiger partial charge in [-0.2, -0.15) is 32.1 Å². The highest BCUT2D eigenvalue weighted by molar-refractivity contribution is 7.86. The standard InChI is InChI=1S/C36H33F7N8O4S/c1-17-14-35(39,40)33-29(17)32(36(41,42)43)47-50(33)16-28(54)46-27(11-20-9-21(37)12-22(38)10-20)30-26(13-23(15-44-30)45-18(2)52)24-7-6-8-25-31(24)49(4)48-34(25)51(19(3)53)56(5)55/h6-10,12-13,15,17,27H,11,14,16H2,1-5H3,(H,45,52)(H,46,54)/t17-,27?,56?/m0/s1. The summed E-state index contributed by atoms with van der Waals surface area (Å²) in [5.41, 5.74) is -2.21. The Morgan fingerprint density at radius 1 is 1.05 bits per heavy atom. The zero-order chi connectivity index (χ0) is 41.0. The number of hydrogen-bond acceptors (Lipinski definition) is 7. The van der Waals surface area contributed by atoms with E-state index in [2.05, 4.69) is 25.8 Å². The largest absolute Gasteiger partial charge is 0.435 e. The van der Waals surface area contributed by atoms with E-state index < -0.39 is 94.3 Å². The van der Waals surface area contributed by atoms with Gasteiger partial charge in [0.1, 0.15) is 34.9 Å². The molecule has 3 heterocycles. The van der Waals surface area contributed by atoms with E-state index in [0.717, 1.165) is 16.4 Å². The van der Waals surface area contributed by atoms with E-state index in [1.54, 1.807) is 25.2 Å². The van der Waals surface area contributed by atoms with E-state index in [9.17, 15) is 40.5 Å². The topological polar surface area (TPSA) is 144 Å². The molecule has 2 aromatic carbocycles. The lowest BCUT2D eigenvalue weighted by atomic mass is 9.93. The minimum absolute atomic E-state index is 0.00902. The third-order valence-corrected chi connectivity index (χ3v) is 10.0. The first-order chi connectivity index (χ1) is 26.2. The lowest BCUT2D eigenvalue weighted by molar-refractivity contribution is -0.142. The number of aryl methyl sites for hydroxylation is 1. The molecule has 5 aromatic rings. The zero-order valence-corrected chi connectivity index (χ0v) is 31.1. The lowest BCUT2D eigenvalue weighted by Gasteiger charge is -2.23. The first kappa shape index (κ1) is 40.0. The minimum atomic E-state index is -5.10. The number of anilines is 2. The Hall–Kier alpha value is -5.66. The Bertz CT molecular complexity index is 2400. The Kier molecular flexibility index (Phi) is 10.6. The highest BCUT2D eigenvalue weighted by Crippen LogP contribution is 2.52. The molecule has 0 radical (unpaired) electrons. The first-order valence-electron chi connectivity index (χ1n) is 16.8. The summed E-state index contributed by atoms with van der Waals surface area (Å²) >= 11 is 0. The predicted molar refractivity (Wildman–Crippen MR) is 191 cm³/mol. The molecule has 2 unspecified atom stereocenters. The van der Waals surface area contributed by atoms with Crippen molar-refractivity contribution in [2.24, 2.45) is 7.05 Å². The van der Waals surface area contributed by atoms with Crippen LogP contribution in [0.5, 0.6) is 0 Å². The fourth-order valence-electron chi connectivity index (χ4n) is 7.17. The maximum atomic E-state index is 15.1. The Morgan fingerprint density at radius 3 is 2.34 bits per heavy atom. The Balaban J connectivity index is 1.52. The molecule has 20 heteroatoms. The summed E-state index contributed by atoms with van der Waals surface area (Å²) in [7, 11) is -0.297. The summed E-state index contributed by atoms with van der Waals surface area (Å²) in [6.07, 6.45) is -3.88. The van der Waals surface area contributed by atoms with Crippen LogP contribution in [0, 0.1) is 11.6 Å². The molecule has 0 bridgehead atoms. The van der Waals surface area contributed by atoms with Gasteiger partial charge in [0.25, 0.3) is 5.92 Å². The van der Waals surface area contributed by atoms with Gasteiger partial charge in [0.15, 0.2) is 11.5 Å². The van der Waals surface area contributed by atoms with Crippen molar-refractivity contribution in [2.45, 2.75) is 64.2 Å². The number of fused-ring (bicyclic) bond motifs is 2. The Labute approximate surface area is 316 Å². The molecule has 3 amide bonds. The van der Waals surface area contributed by atoms with Crippen molar-refractivity contribution in [3.05, 3.63) is 88.5 Å². The molecule has 12 nitrogen and oxygen atoms in total. The number of pyridine rings is 1. The van der Waals surface area contributed by atoms with Gasteiger partial charge in [0, 0.05) is 61.7 Å². The number of amides is 3. The van der Waals surface area contributed by atoms with Crippen LogP contribution < -0.4 is 14.9 Å². The van der Waals surface area contributed by atoms with Crippen molar-refractivity contribution < 1.29 is 49.3 Å². The number of halogens is 7. The molecule has 1 aliphatic rings. The van der Waals surface area contributed by atoms with Gasteiger partial charge in [-0.05, 0) is 42.2 Å². The van der Waals surface area contributed by atoms with E-state index in [-0.39, 0.29) is 34.7 Å². The van der Waals surface area contributed by atoms with Crippen LogP contribution >= 0.6 is 0 Å². The maximum Gasteiger partial charge on any atom is 0.435 e. The summed E-state index contributed by atoms with van der Waals surface area (Å²) in [5.74, 6) is -8.98. The predicted octanol–water partition coefficient (Wildman–Crippen LogP) is 6.43. The second-order valence-electron chi connectivity index (χ2n) is 13.4. The van der Waals surface area contributed by atoms with E-state index in [1.807, 2.05) is 0 Å². The van der Waals surface area contributed by atoms with Crippen LogP contribution in [-0.2, 0) is 57.5 Å². The molecule has 3 aromatic heterocycles. The van der Waals surface area contributed by atoms with Crippen LogP contribution in [0.4, 0.5) is 42.2 Å². The number of benzene rings is 2. The van der Waals surface area contributed by atoms with E-state index in [1.165, 1.54) is 44.0 Å². The monoisotopic (exact) mass is 806 g/mol. The van der Waals surface area contributed by atoms with Crippen molar-refractivity contribution in [2.75, 3.05) is 15.9 Å². The molecule has 0 aliphatic heterocycles. The number of carbonyl (C=O) groups excluding carboxylic acids is 3. The highest BCUT2D eigenvalue weighted by Gasteiger charge is 2.53. The molecule has 2 N–H and O–H groups in total. The SMILES string of the molecule is CC(=O)Nc1cnc(C(Cc2cc(F)cc(F)c2)NC(=O)Cn2nc(C(F)(F)F)c3c2C(F)(F)C[C@@H]3C)c(-c2cccc3c(N(C(C)=O)S(C)=O)nn(C)c23)c1. The number of nitrogens with zero attached hydrogens (tertiary/aromatic N) is 6. The summed E-state index contributed by atoms with van der Waals surface area (Å²) in [6.45, 7) is 2.56. The highest BCUT2D eigenvalue weighted by atomic mass is 32.2. The summed E-state index contributed by atoms with van der Waals surface area (Å²) in [6, 6.07) is 7.53. The number of rotatable bonds is 10. The van der Waals surface area contributed by atoms with Crippen molar-refractivity contribution in [1.29, 1.82) is 0 Å². The molecular weight excluding hydrogens is 774 g/mol. The third-order valence-electron chi connectivity index (χ3n) is 9.09. The molecule has 6 rings (SSSR count). The fraction of sp³-hybridized carbons (Fsp3) is 0.333. The van der Waals surface area contributed by atoms with Gasteiger partial charge in [-0.15, -0.1) is 0 Å². The molecule has 0 saturated heterocycles. The van der Waals surface area contributed by atoms with Gasteiger partial charge < -0.3 is 10.6 Å². The van der Waals surface area contributed by atoms with Gasteiger partial charge >= 0.3 is 6.18 Å². The van der Waals surface area contributed by atoms with Gasteiger partial charge in [-0.3, -0.25) is 28.7 Å². The first-order valence-corrected chi connectivity index (χ1v) is 18.4. The average molecular weight is 807 g/mol. The van der Waals surface area contributed by atoms with Crippen LogP contribution in [0.15, 0.2) is 48.7 Å². The molecule has 0 fully saturated rings. The molecule has 3 atom stereocenters. The smallest absolute Gasteiger partial charge is 0.346 e. The molecule has 56 heavy (non-hydrogen) atoms. The summed E-state index contributed by atoms with van der Waals surface area (Å²) in [4.78, 5) is 43.0. The van der Waals surface area contributed by atoms with E-state index in [0.29, 0.717) is 27.2 Å². The minimum Gasteiger partial charge on any atom is -0.346 e. The van der Waals surface area contributed by atoms with Crippen LogP contribution in [0.3, 0.4) is 0 Å². The van der Waals surface area contributed by atoms with Crippen molar-refractivity contribution in [1.82, 2.24) is 29.9 Å². The van der Waals surface area contributed by atoms with Gasteiger partial charge in [0.05, 0.1) is 29.1 Å². The third kappa shape index (κ3) is 7.74. The summed E-state index contributed by atoms with van der Waals surface area (Å²) in [5, 5.41) is 13.4. The van der Waals surface area contributed by atoms with Gasteiger partial charge in [-0.1, -0.05) is 19.1 Å². The second kappa shape index (κ2) is 14.8. The van der Waals surface area contributed by atoms with Gasteiger partial charge in [0.2, 0.25) is 17.7 Å². The molecule has 296 valence electrons. The number of hydrogen-bond donors (Lipinski definition) is 2. The van der Waals surface area contributed by atoms with Crippen LogP contribution in [0.1, 0.15) is 67.4 Å². The van der Waals surface area contributed by atoms with E-state index in [4.69, 9.17) is 0 Å². The number of alkyl halides is 5. The molecule has 1 aliphatic carbocycles. The maximum absolute atomic E-state index is 15.1. The average Bonchev–Trinajstić information content (AvgIpc) is 3.69. The second-order valence-corrected chi connectivity index (χ2v) is 14.6. The number of nitrogens with one attached hydrogen (secondary N) is 2. The van der Waals surface area contributed by atoms with E-state index >= 15 is 8.78 Å². The lowest BCUT2D eigenvalue weighted by Crippen LogP contribution is -2.35. The number of aromatic nitrogens is 5. The molecule has 0 spiro atoms. The van der Waals surface area contributed by atoms with Crippen molar-refractivity contribution in [3.63, 3.8) is 0 Å². The molecular formula is C36H33F7N8O4S. The van der Waals surface area contributed by atoms with Crippen molar-refractivity contribution >= 4 is 51.1 Å².